The first kappa shape index (κ1) is 7.28. The van der Waals surface area contributed by atoms with Crippen LogP contribution >= 0.6 is 28.1 Å². The molecule has 3 heteroatoms. The Morgan fingerprint density at radius 2 is 2.14 bits per heavy atom. The molecule has 0 saturated carbocycles. The molecule has 0 heterocycles. The van der Waals surface area contributed by atoms with E-state index >= 15 is 0 Å². The average molecular weight is 180 g/mol. The molecule has 0 radical (unpaired) electrons. The largest absolute Gasteiger partial charge is 0.215 e. The highest BCUT2D eigenvalue weighted by molar-refractivity contribution is 9.10. The van der Waals surface area contributed by atoms with E-state index in [1.165, 1.54) is 0 Å². The van der Waals surface area contributed by atoms with Crippen LogP contribution in [0.3, 0.4) is 0 Å². The molecule has 0 aliphatic carbocycles. The monoisotopic (exact) mass is 179 g/mol. The molecular formula is C4H6BrNS. The zero-order valence-electron chi connectivity index (χ0n) is 4.23. The van der Waals surface area contributed by atoms with Crippen LogP contribution in [0, 0.1) is 0 Å². The van der Waals surface area contributed by atoms with Gasteiger partial charge in [-0.2, -0.15) is 0 Å². The van der Waals surface area contributed by atoms with E-state index in [0.29, 0.717) is 0 Å². The van der Waals surface area contributed by atoms with Crippen LogP contribution in [-0.4, -0.2) is 9.61 Å². The molecule has 0 atom stereocenters. The molecule has 0 amide bonds. The third-order valence-electron chi connectivity index (χ3n) is 0.312. The van der Waals surface area contributed by atoms with Crippen molar-refractivity contribution in [2.24, 2.45) is 4.99 Å². The van der Waals surface area contributed by atoms with E-state index in [9.17, 15) is 0 Å². The van der Waals surface area contributed by atoms with Gasteiger partial charge in [-0.1, -0.05) is 15.9 Å². The molecule has 0 aromatic rings. The van der Waals surface area contributed by atoms with Crippen molar-refractivity contribution < 1.29 is 0 Å². The van der Waals surface area contributed by atoms with E-state index in [1.54, 1.807) is 0 Å². The van der Waals surface area contributed by atoms with Crippen molar-refractivity contribution in [2.75, 3.05) is 0 Å². The molecule has 0 bridgehead atoms. The van der Waals surface area contributed by atoms with Crippen molar-refractivity contribution in [2.45, 2.75) is 18.3 Å². The van der Waals surface area contributed by atoms with Gasteiger partial charge in [0.15, 0.2) is 0 Å². The maximum atomic E-state index is 4.35. The van der Waals surface area contributed by atoms with Gasteiger partial charge in [-0.25, -0.2) is 4.99 Å². The Hall–Kier alpha value is 0.280. The van der Waals surface area contributed by atoms with Crippen LogP contribution in [0.1, 0.15) is 13.8 Å². The molecule has 0 spiro atoms. The molecule has 0 aliphatic rings. The standard InChI is InChI=1S/C4H6BrNS/c1-4(2,5)6-3-7/h1-2H3. The lowest BCUT2D eigenvalue weighted by Gasteiger charge is -2.03. The quantitative estimate of drug-likeness (QED) is 0.261. The molecule has 1 nitrogen and oxygen atoms in total. The van der Waals surface area contributed by atoms with Gasteiger partial charge < -0.3 is 0 Å². The van der Waals surface area contributed by atoms with Gasteiger partial charge >= 0.3 is 0 Å². The van der Waals surface area contributed by atoms with Gasteiger partial charge in [0.2, 0.25) is 0 Å². The number of nitrogens with zero attached hydrogens (tertiary/aromatic N) is 1. The molecule has 40 valence electrons. The summed E-state index contributed by atoms with van der Waals surface area (Å²) in [6.45, 7) is 3.79. The highest BCUT2D eigenvalue weighted by Crippen LogP contribution is 2.15. The van der Waals surface area contributed by atoms with Crippen LogP contribution in [0.25, 0.3) is 0 Å². The van der Waals surface area contributed by atoms with Crippen LogP contribution in [0.15, 0.2) is 4.99 Å². The van der Waals surface area contributed by atoms with E-state index in [1.807, 2.05) is 13.8 Å². The maximum Gasteiger partial charge on any atom is 0.120 e. The Morgan fingerprint density at radius 3 is 2.14 bits per heavy atom. The Balaban J connectivity index is 3.80. The number of rotatable bonds is 1. The van der Waals surface area contributed by atoms with Crippen LogP contribution < -0.4 is 0 Å². The Kier molecular flexibility index (Phi) is 2.66. The lowest BCUT2D eigenvalue weighted by Crippen LogP contribution is -2.01. The van der Waals surface area contributed by atoms with E-state index in [0.717, 1.165) is 0 Å². The molecule has 0 N–H and O–H groups in total. The SMILES string of the molecule is CC(C)(Br)N=C=S. The predicted molar refractivity (Wildman–Crippen MR) is 38.0 cm³/mol. The Bertz CT molecular complexity index is 98.7. The van der Waals surface area contributed by atoms with Gasteiger partial charge in [-0.3, -0.25) is 0 Å². The van der Waals surface area contributed by atoms with Crippen molar-refractivity contribution >= 4 is 33.3 Å². The highest BCUT2D eigenvalue weighted by atomic mass is 79.9. The van der Waals surface area contributed by atoms with Crippen molar-refractivity contribution in [3.8, 4) is 0 Å². The molecule has 0 aromatic carbocycles. The summed E-state index contributed by atoms with van der Waals surface area (Å²) in [6.07, 6.45) is 0. The van der Waals surface area contributed by atoms with Gasteiger partial charge in [0.25, 0.3) is 0 Å². The number of hydrogen-bond donors (Lipinski definition) is 0. The van der Waals surface area contributed by atoms with E-state index < -0.39 is 0 Å². The summed E-state index contributed by atoms with van der Waals surface area (Å²) in [4.78, 5) is 3.74. The zero-order valence-corrected chi connectivity index (χ0v) is 6.64. The minimum absolute atomic E-state index is 0.227. The Labute approximate surface area is 57.0 Å². The number of alkyl halides is 1. The normalized spacial score (nSPS) is 10.1. The molecule has 7 heavy (non-hydrogen) atoms. The highest BCUT2D eigenvalue weighted by Gasteiger charge is 2.06. The molecular weight excluding hydrogens is 174 g/mol. The van der Waals surface area contributed by atoms with E-state index in [2.05, 4.69) is 38.3 Å². The smallest absolute Gasteiger partial charge is 0.120 e. The number of halogens is 1. The molecule has 0 aliphatic heterocycles. The minimum atomic E-state index is -0.227. The Morgan fingerprint density at radius 1 is 1.71 bits per heavy atom. The van der Waals surface area contributed by atoms with Gasteiger partial charge in [0, 0.05) is 0 Å². The summed E-state index contributed by atoms with van der Waals surface area (Å²) in [5.74, 6) is 0. The van der Waals surface area contributed by atoms with Crippen LogP contribution in [0.2, 0.25) is 0 Å². The molecule has 0 saturated heterocycles. The lowest BCUT2D eigenvalue weighted by molar-refractivity contribution is 0.787. The number of aliphatic imine (C=N–C) groups is 1. The maximum absolute atomic E-state index is 4.35. The summed E-state index contributed by atoms with van der Waals surface area (Å²) in [5.41, 5.74) is 0. The molecule has 0 rings (SSSR count). The van der Waals surface area contributed by atoms with Crippen LogP contribution in [0.5, 0.6) is 0 Å². The summed E-state index contributed by atoms with van der Waals surface area (Å²) >= 11 is 7.60. The zero-order chi connectivity index (χ0) is 5.91. The molecule has 0 fully saturated rings. The van der Waals surface area contributed by atoms with E-state index in [4.69, 9.17) is 0 Å². The second kappa shape index (κ2) is 2.55. The first-order chi connectivity index (χ1) is 3.06. The van der Waals surface area contributed by atoms with Crippen molar-refractivity contribution in [3.05, 3.63) is 0 Å². The van der Waals surface area contributed by atoms with Crippen LogP contribution in [-0.2, 0) is 0 Å². The van der Waals surface area contributed by atoms with Crippen molar-refractivity contribution in [3.63, 3.8) is 0 Å². The predicted octanol–water partition coefficient (Wildman–Crippen LogP) is 2.22. The average Bonchev–Trinajstić information content (AvgIpc) is 1.30. The minimum Gasteiger partial charge on any atom is -0.215 e. The van der Waals surface area contributed by atoms with Crippen molar-refractivity contribution in [1.29, 1.82) is 0 Å². The second-order valence-corrected chi connectivity index (χ2v) is 3.74. The van der Waals surface area contributed by atoms with Crippen molar-refractivity contribution in [1.82, 2.24) is 0 Å². The van der Waals surface area contributed by atoms with Crippen LogP contribution in [0.4, 0.5) is 0 Å². The van der Waals surface area contributed by atoms with Gasteiger partial charge in [-0.05, 0) is 26.1 Å². The van der Waals surface area contributed by atoms with Gasteiger partial charge in [0.05, 0.1) is 5.16 Å². The summed E-state index contributed by atoms with van der Waals surface area (Å²) in [6, 6.07) is 0. The molecule has 0 aromatic heterocycles. The third kappa shape index (κ3) is 6.28. The number of thiocarbonyl (C=S) groups is 1. The fourth-order valence-corrected chi connectivity index (χ4v) is 0.543. The fraction of sp³-hybridized carbons (Fsp3) is 0.750. The topological polar surface area (TPSA) is 12.4 Å². The lowest BCUT2D eigenvalue weighted by atomic mass is 10.4. The number of isothiocyanates is 1. The third-order valence-corrected chi connectivity index (χ3v) is 0.580. The fourth-order valence-electron chi connectivity index (χ4n) is 0.109. The summed E-state index contributed by atoms with van der Waals surface area (Å²) < 4.78 is -0.227. The van der Waals surface area contributed by atoms with Gasteiger partial charge in [0.1, 0.15) is 4.45 Å². The summed E-state index contributed by atoms with van der Waals surface area (Å²) in [7, 11) is 0. The first-order valence-electron chi connectivity index (χ1n) is 1.84. The number of hydrogen-bond acceptors (Lipinski definition) is 2. The first-order valence-corrected chi connectivity index (χ1v) is 3.04. The van der Waals surface area contributed by atoms with E-state index in [-0.39, 0.29) is 4.45 Å². The van der Waals surface area contributed by atoms with Gasteiger partial charge in [-0.15, -0.1) is 0 Å². The molecule has 0 unspecified atom stereocenters. The summed E-state index contributed by atoms with van der Waals surface area (Å²) in [5, 5.41) is 2.27. The second-order valence-electron chi connectivity index (χ2n) is 1.61.